The summed E-state index contributed by atoms with van der Waals surface area (Å²) in [6.45, 7) is 2.76. The number of carbonyl (C=O) groups excluding carboxylic acids is 1. The Labute approximate surface area is 201 Å². The van der Waals surface area contributed by atoms with Crippen LogP contribution in [0.1, 0.15) is 41.5 Å². The van der Waals surface area contributed by atoms with E-state index in [0.717, 1.165) is 48.0 Å². The Morgan fingerprint density at radius 3 is 2.57 bits per heavy atom. The third-order valence-corrected chi connectivity index (χ3v) is 7.17. The number of rotatable bonds is 5. The van der Waals surface area contributed by atoms with Gasteiger partial charge in [0.05, 0.1) is 11.1 Å². The fraction of sp³-hybridized carbons (Fsp3) is 0.407. The maximum atomic E-state index is 13.2. The monoisotopic (exact) mass is 483 g/mol. The number of hydrogen-bond acceptors (Lipinski definition) is 3. The average Bonchev–Trinajstić information content (AvgIpc) is 2.86. The lowest BCUT2D eigenvalue weighted by molar-refractivity contribution is -0.137. The molecule has 8 heteroatoms. The Bertz CT molecular complexity index is 1310. The summed E-state index contributed by atoms with van der Waals surface area (Å²) in [5.74, 6) is -0.316. The Hall–Kier alpha value is -3.13. The molecule has 3 heterocycles. The van der Waals surface area contributed by atoms with Crippen molar-refractivity contribution in [3.05, 3.63) is 81.1 Å². The lowest BCUT2D eigenvalue weighted by Gasteiger charge is -2.31. The van der Waals surface area contributed by atoms with E-state index < -0.39 is 11.7 Å². The van der Waals surface area contributed by atoms with Crippen molar-refractivity contribution in [1.82, 2.24) is 14.8 Å². The minimum absolute atomic E-state index is 0.0710. The summed E-state index contributed by atoms with van der Waals surface area (Å²) < 4.78 is 40.6. The van der Waals surface area contributed by atoms with Crippen LogP contribution in [0.2, 0.25) is 0 Å². The van der Waals surface area contributed by atoms with Gasteiger partial charge in [0.2, 0.25) is 5.91 Å². The molecule has 0 radical (unpaired) electrons. The second kappa shape index (κ2) is 9.49. The normalized spacial score (nSPS) is 17.0. The second-order valence-electron chi connectivity index (χ2n) is 9.55. The first-order chi connectivity index (χ1) is 16.8. The maximum Gasteiger partial charge on any atom is 0.416 e. The van der Waals surface area contributed by atoms with Crippen molar-refractivity contribution in [2.24, 2.45) is 5.92 Å². The summed E-state index contributed by atoms with van der Waals surface area (Å²) in [5.41, 5.74) is 2.86. The van der Waals surface area contributed by atoms with Crippen molar-refractivity contribution in [2.45, 2.75) is 51.5 Å². The summed E-state index contributed by atoms with van der Waals surface area (Å²) in [6, 6.07) is 13.2. The van der Waals surface area contributed by atoms with Gasteiger partial charge in [0.15, 0.2) is 0 Å². The fourth-order valence-corrected chi connectivity index (χ4v) is 5.32. The molecule has 0 spiro atoms. The molecule has 5 nitrogen and oxygen atoms in total. The van der Waals surface area contributed by atoms with Crippen LogP contribution in [0.15, 0.2) is 53.3 Å². The molecule has 5 rings (SSSR count). The Morgan fingerprint density at radius 2 is 1.80 bits per heavy atom. The van der Waals surface area contributed by atoms with Gasteiger partial charge in [-0.1, -0.05) is 30.3 Å². The number of amides is 1. The molecule has 184 valence electrons. The number of alkyl halides is 3. The summed E-state index contributed by atoms with van der Waals surface area (Å²) in [7, 11) is 0. The number of aryl methyl sites for hydroxylation is 2. The highest BCUT2D eigenvalue weighted by molar-refractivity contribution is 5.83. The summed E-state index contributed by atoms with van der Waals surface area (Å²) >= 11 is 0. The van der Waals surface area contributed by atoms with Gasteiger partial charge >= 0.3 is 6.18 Å². The van der Waals surface area contributed by atoms with Crippen LogP contribution in [0.5, 0.6) is 0 Å². The van der Waals surface area contributed by atoms with E-state index in [1.54, 1.807) is 6.07 Å². The zero-order valence-corrected chi connectivity index (χ0v) is 19.4. The Kier molecular flexibility index (Phi) is 6.40. The highest BCUT2D eigenvalue weighted by Crippen LogP contribution is 2.30. The van der Waals surface area contributed by atoms with Gasteiger partial charge in [-0.25, -0.2) is 0 Å². The minimum Gasteiger partial charge on any atom is -0.352 e. The number of nitrogens with zero attached hydrogens (tertiary/aromatic N) is 2. The third-order valence-electron chi connectivity index (χ3n) is 7.17. The molecule has 0 bridgehead atoms. The first-order valence-electron chi connectivity index (χ1n) is 12.1. The van der Waals surface area contributed by atoms with Crippen molar-refractivity contribution in [3.8, 4) is 0 Å². The molecule has 3 aromatic rings. The van der Waals surface area contributed by atoms with Gasteiger partial charge in [0, 0.05) is 31.1 Å². The maximum absolute atomic E-state index is 13.2. The summed E-state index contributed by atoms with van der Waals surface area (Å²) in [5, 5.41) is 3.89. The van der Waals surface area contributed by atoms with E-state index in [4.69, 9.17) is 0 Å². The van der Waals surface area contributed by atoms with Gasteiger partial charge in [0.1, 0.15) is 0 Å². The SMILES string of the molecule is O=C(NCc1cccc(C(F)(F)F)c1)C1CCN(Cc2cc3cccc4c3n(c2=O)CCC4)CC1. The first kappa shape index (κ1) is 23.6. The molecule has 1 aromatic heterocycles. The van der Waals surface area contributed by atoms with Gasteiger partial charge in [-0.3, -0.25) is 14.5 Å². The molecule has 35 heavy (non-hydrogen) atoms. The van der Waals surface area contributed by atoms with E-state index in [2.05, 4.69) is 22.3 Å². The number of nitrogens with one attached hydrogen (secondary N) is 1. The number of halogens is 3. The predicted octanol–water partition coefficient (Wildman–Crippen LogP) is 4.49. The number of para-hydroxylation sites is 1. The highest BCUT2D eigenvalue weighted by atomic mass is 19.4. The molecule has 0 saturated carbocycles. The third kappa shape index (κ3) is 4.98. The predicted molar refractivity (Wildman–Crippen MR) is 128 cm³/mol. The molecule has 1 amide bonds. The largest absolute Gasteiger partial charge is 0.416 e. The molecule has 2 aromatic carbocycles. The van der Waals surface area contributed by atoms with E-state index in [0.29, 0.717) is 38.0 Å². The van der Waals surface area contributed by atoms with Crippen molar-refractivity contribution >= 4 is 16.8 Å². The Morgan fingerprint density at radius 1 is 1.03 bits per heavy atom. The van der Waals surface area contributed by atoms with Crippen molar-refractivity contribution < 1.29 is 18.0 Å². The lowest BCUT2D eigenvalue weighted by atomic mass is 9.95. The van der Waals surface area contributed by atoms with Crippen LogP contribution in [0.3, 0.4) is 0 Å². The number of hydrogen-bond donors (Lipinski definition) is 1. The Balaban J connectivity index is 1.18. The lowest BCUT2D eigenvalue weighted by Crippen LogP contribution is -2.41. The molecular formula is C27H28F3N3O2. The molecular weight excluding hydrogens is 455 g/mol. The van der Waals surface area contributed by atoms with Crippen LogP contribution in [0, 0.1) is 5.92 Å². The summed E-state index contributed by atoms with van der Waals surface area (Å²) in [6.07, 6.45) is -1.13. The van der Waals surface area contributed by atoms with Gasteiger partial charge in [-0.15, -0.1) is 0 Å². The molecule has 2 aliphatic heterocycles. The van der Waals surface area contributed by atoms with E-state index in [1.165, 1.54) is 11.6 Å². The van der Waals surface area contributed by atoms with Gasteiger partial charge in [-0.2, -0.15) is 13.2 Å². The molecule has 0 aliphatic carbocycles. The molecule has 1 saturated heterocycles. The van der Waals surface area contributed by atoms with Crippen LogP contribution in [-0.2, 0) is 37.0 Å². The van der Waals surface area contributed by atoms with E-state index in [1.807, 2.05) is 16.7 Å². The quantitative estimate of drug-likeness (QED) is 0.582. The van der Waals surface area contributed by atoms with Gasteiger partial charge in [-0.05, 0) is 73.5 Å². The number of aromatic nitrogens is 1. The highest BCUT2D eigenvalue weighted by Gasteiger charge is 2.30. The number of likely N-dealkylation sites (tertiary alicyclic amines) is 1. The van der Waals surface area contributed by atoms with E-state index >= 15 is 0 Å². The van der Waals surface area contributed by atoms with Gasteiger partial charge < -0.3 is 9.88 Å². The van der Waals surface area contributed by atoms with Crippen LogP contribution in [-0.4, -0.2) is 28.5 Å². The van der Waals surface area contributed by atoms with Crippen LogP contribution in [0.4, 0.5) is 13.2 Å². The standard InChI is InChI=1S/C27H28F3N3O2/c28-27(29,30)23-8-1-4-18(14-23)16-31-25(34)20-9-12-32(13-10-20)17-22-15-21-6-2-5-19-7-3-11-33(24(19)21)26(22)35/h1-2,4-6,8,14-15,20H,3,7,9-13,16-17H2,(H,31,34). The number of benzene rings is 2. The molecule has 2 aliphatic rings. The average molecular weight is 484 g/mol. The molecule has 0 atom stereocenters. The van der Waals surface area contributed by atoms with Crippen LogP contribution < -0.4 is 10.9 Å². The first-order valence-corrected chi connectivity index (χ1v) is 12.1. The van der Waals surface area contributed by atoms with Crippen molar-refractivity contribution in [2.75, 3.05) is 13.1 Å². The van der Waals surface area contributed by atoms with Crippen LogP contribution >= 0.6 is 0 Å². The van der Waals surface area contributed by atoms with E-state index in [9.17, 15) is 22.8 Å². The summed E-state index contributed by atoms with van der Waals surface area (Å²) in [4.78, 5) is 28.0. The minimum atomic E-state index is -4.40. The topological polar surface area (TPSA) is 54.3 Å². The number of piperidine rings is 1. The second-order valence-corrected chi connectivity index (χ2v) is 9.55. The number of carbonyl (C=O) groups is 1. The zero-order chi connectivity index (χ0) is 24.6. The van der Waals surface area contributed by atoms with E-state index in [-0.39, 0.29) is 23.9 Å². The van der Waals surface area contributed by atoms with Gasteiger partial charge in [0.25, 0.3) is 5.56 Å². The molecule has 1 N–H and O–H groups in total. The fourth-order valence-electron chi connectivity index (χ4n) is 5.32. The van der Waals surface area contributed by atoms with Crippen molar-refractivity contribution in [3.63, 3.8) is 0 Å². The van der Waals surface area contributed by atoms with Crippen LogP contribution in [0.25, 0.3) is 10.9 Å². The zero-order valence-electron chi connectivity index (χ0n) is 19.4. The van der Waals surface area contributed by atoms with Crippen molar-refractivity contribution in [1.29, 1.82) is 0 Å². The molecule has 0 unspecified atom stereocenters. The molecule has 1 fully saturated rings. The number of pyridine rings is 1. The smallest absolute Gasteiger partial charge is 0.352 e.